The van der Waals surface area contributed by atoms with Crippen LogP contribution in [0.5, 0.6) is 0 Å². The van der Waals surface area contributed by atoms with Crippen LogP contribution in [0.25, 0.3) is 0 Å². The van der Waals surface area contributed by atoms with Gasteiger partial charge in [0.1, 0.15) is 5.82 Å². The summed E-state index contributed by atoms with van der Waals surface area (Å²) >= 11 is 0. The fourth-order valence-corrected chi connectivity index (χ4v) is 1.07. The third-order valence-corrected chi connectivity index (χ3v) is 1.67. The van der Waals surface area contributed by atoms with E-state index in [0.29, 0.717) is 5.56 Å². The lowest BCUT2D eigenvalue weighted by atomic mass is 10.1. The van der Waals surface area contributed by atoms with Crippen LogP contribution in [0.1, 0.15) is 11.1 Å². The van der Waals surface area contributed by atoms with Gasteiger partial charge in [-0.15, -0.1) is 0 Å². The van der Waals surface area contributed by atoms with Crippen molar-refractivity contribution in [3.8, 4) is 0 Å². The summed E-state index contributed by atoms with van der Waals surface area (Å²) in [5, 5.41) is 19.1. The van der Waals surface area contributed by atoms with Crippen LogP contribution in [0.2, 0.25) is 0 Å². The van der Waals surface area contributed by atoms with E-state index in [9.17, 15) is 14.5 Å². The number of nitro groups is 1. The monoisotopic (exact) mass is 185 g/mol. The van der Waals surface area contributed by atoms with Gasteiger partial charge in [-0.1, -0.05) is 0 Å². The largest absolute Gasteiger partial charge is 0.391 e. The van der Waals surface area contributed by atoms with Gasteiger partial charge < -0.3 is 5.11 Å². The van der Waals surface area contributed by atoms with Crippen molar-refractivity contribution in [2.75, 3.05) is 0 Å². The van der Waals surface area contributed by atoms with Crippen molar-refractivity contribution in [2.24, 2.45) is 0 Å². The number of nitro benzene ring substituents is 1. The van der Waals surface area contributed by atoms with Crippen molar-refractivity contribution in [3.05, 3.63) is 39.2 Å². The number of benzene rings is 1. The van der Waals surface area contributed by atoms with E-state index in [-0.39, 0.29) is 11.3 Å². The number of hydrogen-bond acceptors (Lipinski definition) is 3. The Labute approximate surface area is 73.8 Å². The summed E-state index contributed by atoms with van der Waals surface area (Å²) in [4.78, 5) is 9.71. The van der Waals surface area contributed by atoms with E-state index in [1.165, 1.54) is 6.07 Å². The summed E-state index contributed by atoms with van der Waals surface area (Å²) in [6, 6.07) is 2.38. The molecule has 0 saturated heterocycles. The molecule has 1 aromatic rings. The Hall–Kier alpha value is -1.49. The Balaban J connectivity index is 3.38. The van der Waals surface area contributed by atoms with E-state index >= 15 is 0 Å². The van der Waals surface area contributed by atoms with Gasteiger partial charge in [0.2, 0.25) is 0 Å². The molecule has 1 N–H and O–H groups in total. The summed E-state index contributed by atoms with van der Waals surface area (Å²) in [5.41, 5.74) is -0.183. The molecular weight excluding hydrogens is 177 g/mol. The van der Waals surface area contributed by atoms with E-state index in [1.807, 2.05) is 0 Å². The van der Waals surface area contributed by atoms with Crippen LogP contribution < -0.4 is 0 Å². The van der Waals surface area contributed by atoms with Crippen LogP contribution in [0, 0.1) is 22.9 Å². The molecule has 0 heterocycles. The topological polar surface area (TPSA) is 63.4 Å². The molecule has 0 radical (unpaired) electrons. The fourth-order valence-electron chi connectivity index (χ4n) is 1.07. The molecule has 4 nitrogen and oxygen atoms in total. The van der Waals surface area contributed by atoms with Crippen LogP contribution in [-0.2, 0) is 6.61 Å². The Kier molecular flexibility index (Phi) is 2.57. The minimum Gasteiger partial charge on any atom is -0.391 e. The zero-order chi connectivity index (χ0) is 10.0. The minimum absolute atomic E-state index is 0.268. The smallest absolute Gasteiger partial charge is 0.278 e. The predicted octanol–water partition coefficient (Wildman–Crippen LogP) is 1.53. The van der Waals surface area contributed by atoms with Gasteiger partial charge in [-0.05, 0) is 18.6 Å². The molecule has 0 aliphatic heterocycles. The van der Waals surface area contributed by atoms with E-state index in [2.05, 4.69) is 0 Å². The highest BCUT2D eigenvalue weighted by atomic mass is 19.1. The molecule has 1 aromatic carbocycles. The summed E-state index contributed by atoms with van der Waals surface area (Å²) in [5.74, 6) is -0.741. The number of hydrogen-bond donors (Lipinski definition) is 1. The van der Waals surface area contributed by atoms with E-state index < -0.39 is 17.3 Å². The summed E-state index contributed by atoms with van der Waals surface area (Å²) < 4.78 is 13.0. The summed E-state index contributed by atoms with van der Waals surface area (Å²) in [6.07, 6.45) is 0. The molecule has 0 atom stereocenters. The Morgan fingerprint density at radius 1 is 1.62 bits per heavy atom. The van der Waals surface area contributed by atoms with Gasteiger partial charge in [0.25, 0.3) is 5.69 Å². The van der Waals surface area contributed by atoms with Gasteiger partial charge in [-0.2, -0.15) is 0 Å². The molecule has 0 aliphatic carbocycles. The highest BCUT2D eigenvalue weighted by Gasteiger charge is 2.17. The van der Waals surface area contributed by atoms with Crippen LogP contribution >= 0.6 is 0 Å². The van der Waals surface area contributed by atoms with Crippen LogP contribution in [-0.4, -0.2) is 10.0 Å². The molecule has 0 aromatic heterocycles. The zero-order valence-corrected chi connectivity index (χ0v) is 6.95. The molecule has 0 saturated carbocycles. The number of nitrogens with zero attached hydrogens (tertiary/aromatic N) is 1. The van der Waals surface area contributed by atoms with Gasteiger partial charge in [-0.25, -0.2) is 4.39 Å². The molecule has 0 aliphatic rings. The first kappa shape index (κ1) is 9.60. The average molecular weight is 185 g/mol. The third kappa shape index (κ3) is 1.81. The van der Waals surface area contributed by atoms with Gasteiger partial charge in [0.05, 0.1) is 17.1 Å². The van der Waals surface area contributed by atoms with Crippen molar-refractivity contribution in [3.63, 3.8) is 0 Å². The van der Waals surface area contributed by atoms with Crippen LogP contribution in [0.15, 0.2) is 12.1 Å². The van der Waals surface area contributed by atoms with Gasteiger partial charge in [0, 0.05) is 6.07 Å². The van der Waals surface area contributed by atoms with Gasteiger partial charge in [-0.3, -0.25) is 10.1 Å². The Bertz CT molecular complexity index is 351. The molecule has 70 valence electrons. The third-order valence-electron chi connectivity index (χ3n) is 1.67. The van der Waals surface area contributed by atoms with Crippen molar-refractivity contribution >= 4 is 5.69 Å². The summed E-state index contributed by atoms with van der Waals surface area (Å²) in [6.45, 7) is 0.889. The Morgan fingerprint density at radius 3 is 2.69 bits per heavy atom. The number of aliphatic hydroxyl groups excluding tert-OH is 1. The molecule has 0 bridgehead atoms. The molecule has 0 amide bonds. The zero-order valence-electron chi connectivity index (χ0n) is 6.95. The second-order valence-electron chi connectivity index (χ2n) is 2.66. The highest BCUT2D eigenvalue weighted by molar-refractivity contribution is 5.43. The fraction of sp³-hybridized carbons (Fsp3) is 0.250. The SMILES string of the molecule is Cc1cc(F)c(CO)c([N+](=O)[O-])c1. The first-order chi connectivity index (χ1) is 6.06. The summed E-state index contributed by atoms with van der Waals surface area (Å²) in [7, 11) is 0. The lowest BCUT2D eigenvalue weighted by Gasteiger charge is -2.01. The molecule has 0 spiro atoms. The lowest BCUT2D eigenvalue weighted by Crippen LogP contribution is -1.99. The van der Waals surface area contributed by atoms with Crippen molar-refractivity contribution in [1.82, 2.24) is 0 Å². The van der Waals surface area contributed by atoms with Crippen molar-refractivity contribution in [1.29, 1.82) is 0 Å². The molecule has 0 fully saturated rings. The number of aliphatic hydroxyl groups is 1. The molecular formula is C8H8FNO3. The van der Waals surface area contributed by atoms with Crippen molar-refractivity contribution < 1.29 is 14.4 Å². The second kappa shape index (κ2) is 3.49. The average Bonchev–Trinajstić information content (AvgIpc) is 2.02. The molecule has 13 heavy (non-hydrogen) atoms. The van der Waals surface area contributed by atoms with Crippen molar-refractivity contribution in [2.45, 2.75) is 13.5 Å². The first-order valence-corrected chi connectivity index (χ1v) is 3.60. The van der Waals surface area contributed by atoms with Crippen LogP contribution in [0.3, 0.4) is 0 Å². The number of halogens is 1. The maximum absolute atomic E-state index is 13.0. The highest BCUT2D eigenvalue weighted by Crippen LogP contribution is 2.23. The standard InChI is InChI=1S/C8H8FNO3/c1-5-2-7(9)6(4-11)8(3-5)10(12)13/h2-3,11H,4H2,1H3. The quantitative estimate of drug-likeness (QED) is 0.561. The molecule has 0 unspecified atom stereocenters. The minimum atomic E-state index is -0.741. The van der Waals surface area contributed by atoms with Gasteiger partial charge in [0.15, 0.2) is 0 Å². The van der Waals surface area contributed by atoms with Gasteiger partial charge >= 0.3 is 0 Å². The number of rotatable bonds is 2. The molecule has 5 heteroatoms. The normalized spacial score (nSPS) is 10.1. The van der Waals surface area contributed by atoms with E-state index in [4.69, 9.17) is 5.11 Å². The second-order valence-corrected chi connectivity index (χ2v) is 2.66. The molecule has 1 rings (SSSR count). The number of aryl methyl sites for hydroxylation is 1. The van der Waals surface area contributed by atoms with E-state index in [0.717, 1.165) is 6.07 Å². The lowest BCUT2D eigenvalue weighted by molar-refractivity contribution is -0.386. The Morgan fingerprint density at radius 2 is 2.23 bits per heavy atom. The predicted molar refractivity (Wildman–Crippen MR) is 43.7 cm³/mol. The first-order valence-electron chi connectivity index (χ1n) is 3.60. The maximum atomic E-state index is 13.0. The van der Waals surface area contributed by atoms with Crippen LogP contribution in [0.4, 0.5) is 10.1 Å². The maximum Gasteiger partial charge on any atom is 0.278 e. The van der Waals surface area contributed by atoms with E-state index in [1.54, 1.807) is 6.92 Å².